The average Bonchev–Trinajstić information content (AvgIpc) is 2.96. The van der Waals surface area contributed by atoms with Crippen LogP contribution in [0, 0.1) is 5.92 Å². The first-order valence-electron chi connectivity index (χ1n) is 14.9. The molecule has 1 atom stereocenters. The van der Waals surface area contributed by atoms with Crippen molar-refractivity contribution < 1.29 is 22.7 Å². The maximum Gasteiger partial charge on any atom is 0.239 e. The van der Waals surface area contributed by atoms with E-state index in [4.69, 9.17) is 9.47 Å². The van der Waals surface area contributed by atoms with E-state index >= 15 is 0 Å². The largest absolute Gasteiger partial charge is 0.457 e. The van der Waals surface area contributed by atoms with E-state index in [2.05, 4.69) is 32.4 Å². The van der Waals surface area contributed by atoms with Crippen molar-refractivity contribution in [3.8, 4) is 11.5 Å². The highest BCUT2D eigenvalue weighted by molar-refractivity contribution is 7.92. The minimum absolute atomic E-state index is 0. The van der Waals surface area contributed by atoms with Gasteiger partial charge in [-0.15, -0.1) is 12.4 Å². The van der Waals surface area contributed by atoms with Crippen LogP contribution in [0.3, 0.4) is 0 Å². The number of carbonyl (C=O) groups is 1. The molecule has 2 aromatic rings. The van der Waals surface area contributed by atoms with Crippen LogP contribution in [0.2, 0.25) is 0 Å². The predicted molar refractivity (Wildman–Crippen MR) is 170 cm³/mol. The number of benzene rings is 2. The minimum atomic E-state index is -3.31. The molecule has 0 aromatic heterocycles. The molecule has 1 unspecified atom stereocenters. The van der Waals surface area contributed by atoms with E-state index in [1.54, 1.807) is 31.4 Å². The molecule has 1 saturated heterocycles. The summed E-state index contributed by atoms with van der Waals surface area (Å²) in [5.41, 5.74) is 1.71. The second-order valence-electron chi connectivity index (χ2n) is 11.5. The van der Waals surface area contributed by atoms with E-state index in [0.717, 1.165) is 63.4 Å². The zero-order chi connectivity index (χ0) is 29.1. The summed E-state index contributed by atoms with van der Waals surface area (Å²) in [6.45, 7) is 3.93. The van der Waals surface area contributed by atoms with Crippen molar-refractivity contribution in [2.75, 3.05) is 44.3 Å². The molecule has 234 valence electrons. The van der Waals surface area contributed by atoms with Gasteiger partial charge in [-0.2, -0.15) is 0 Å². The monoisotopic (exact) mass is 622 g/mol. The number of anilines is 1. The number of halogens is 1. The molecule has 1 saturated carbocycles. The minimum Gasteiger partial charge on any atom is -0.457 e. The second-order valence-corrected chi connectivity index (χ2v) is 13.2. The number of nitrogens with one attached hydrogen (secondary N) is 3. The Hall–Kier alpha value is -2.37. The van der Waals surface area contributed by atoms with Crippen molar-refractivity contribution >= 4 is 34.0 Å². The molecule has 42 heavy (non-hydrogen) atoms. The van der Waals surface area contributed by atoms with Crippen molar-refractivity contribution in [3.05, 3.63) is 54.1 Å². The van der Waals surface area contributed by atoms with Crippen LogP contribution in [0.5, 0.6) is 11.5 Å². The Morgan fingerprint density at radius 3 is 2.17 bits per heavy atom. The number of rotatable bonds is 14. The normalized spacial score (nSPS) is 17.7. The van der Waals surface area contributed by atoms with E-state index in [1.165, 1.54) is 37.7 Å². The molecule has 0 spiro atoms. The fraction of sp³-hybridized carbons (Fsp3) is 0.581. The number of sulfonamides is 1. The van der Waals surface area contributed by atoms with Gasteiger partial charge in [0.2, 0.25) is 15.9 Å². The highest BCUT2D eigenvalue weighted by Crippen LogP contribution is 2.26. The molecule has 0 radical (unpaired) electrons. The van der Waals surface area contributed by atoms with Crippen LogP contribution in [0.25, 0.3) is 0 Å². The lowest BCUT2D eigenvalue weighted by Gasteiger charge is -2.34. The lowest BCUT2D eigenvalue weighted by atomic mass is 9.87. The van der Waals surface area contributed by atoms with Crippen LogP contribution in [0.15, 0.2) is 48.5 Å². The first-order chi connectivity index (χ1) is 19.8. The van der Waals surface area contributed by atoms with Gasteiger partial charge in [0.25, 0.3) is 0 Å². The number of methoxy groups -OCH3 is 1. The van der Waals surface area contributed by atoms with Crippen molar-refractivity contribution in [1.29, 1.82) is 0 Å². The molecule has 2 fully saturated rings. The summed E-state index contributed by atoms with van der Waals surface area (Å²) in [6.07, 6.45) is 10.8. The Kier molecular flexibility index (Phi) is 13.9. The number of nitrogens with zero attached hydrogens (tertiary/aromatic N) is 1. The standard InChI is InChI=1S/C31H46N4O5S.ClH/c1-39-23-30(31(36)32-19-16-24-6-4-3-5-7-24)33-26-17-20-35(21-18-26)22-25-8-12-28(13-9-25)40-29-14-10-27(11-15-29)34-41(2,37)38;/h8-15,24,26,30,33-34H,3-7,16-23H2,1-2H3,(H,32,36);1H. The molecular weight excluding hydrogens is 576 g/mol. The highest BCUT2D eigenvalue weighted by Gasteiger charge is 2.26. The Balaban J connectivity index is 0.00000484. The molecule has 3 N–H and O–H groups in total. The molecule has 1 heterocycles. The Labute approximate surface area is 257 Å². The van der Waals surface area contributed by atoms with Crippen LogP contribution in [-0.4, -0.2) is 70.9 Å². The number of carbonyl (C=O) groups excluding carboxylic acids is 1. The topological polar surface area (TPSA) is 109 Å². The Morgan fingerprint density at radius 2 is 1.57 bits per heavy atom. The zero-order valence-corrected chi connectivity index (χ0v) is 26.5. The summed E-state index contributed by atoms with van der Waals surface area (Å²) < 4.78 is 36.4. The van der Waals surface area contributed by atoms with E-state index < -0.39 is 10.0 Å². The SMILES string of the molecule is COCC(NC1CCN(Cc2ccc(Oc3ccc(NS(C)(=O)=O)cc3)cc2)CC1)C(=O)NCCC1CCCCC1.Cl. The zero-order valence-electron chi connectivity index (χ0n) is 24.8. The number of amides is 1. The third-order valence-corrected chi connectivity index (χ3v) is 8.58. The number of hydrogen-bond donors (Lipinski definition) is 3. The summed E-state index contributed by atoms with van der Waals surface area (Å²) in [6, 6.07) is 14.8. The fourth-order valence-electron chi connectivity index (χ4n) is 5.77. The molecule has 0 bridgehead atoms. The molecule has 1 amide bonds. The molecule has 4 rings (SSSR count). The molecule has 1 aliphatic heterocycles. The van der Waals surface area contributed by atoms with Crippen LogP contribution in [0.4, 0.5) is 5.69 Å². The van der Waals surface area contributed by atoms with E-state index in [0.29, 0.717) is 24.1 Å². The van der Waals surface area contributed by atoms with Crippen molar-refractivity contribution in [2.45, 2.75) is 70.0 Å². The van der Waals surface area contributed by atoms with Crippen molar-refractivity contribution in [1.82, 2.24) is 15.5 Å². The average molecular weight is 623 g/mol. The molecule has 2 aromatic carbocycles. The van der Waals surface area contributed by atoms with Gasteiger partial charge in [0.05, 0.1) is 12.9 Å². The maximum atomic E-state index is 12.9. The molecule has 1 aliphatic carbocycles. The van der Waals surface area contributed by atoms with Gasteiger partial charge in [-0.25, -0.2) is 8.42 Å². The predicted octanol–water partition coefficient (Wildman–Crippen LogP) is 4.93. The van der Waals surface area contributed by atoms with E-state index in [-0.39, 0.29) is 24.4 Å². The first-order valence-corrected chi connectivity index (χ1v) is 16.8. The van der Waals surface area contributed by atoms with Crippen LogP contribution in [0.1, 0.15) is 56.9 Å². The first kappa shape index (κ1) is 34.1. The van der Waals surface area contributed by atoms with Crippen LogP contribution in [-0.2, 0) is 26.1 Å². The van der Waals surface area contributed by atoms with Gasteiger partial charge >= 0.3 is 0 Å². The van der Waals surface area contributed by atoms with Gasteiger partial charge in [0, 0.05) is 31.9 Å². The van der Waals surface area contributed by atoms with Gasteiger partial charge < -0.3 is 20.1 Å². The lowest BCUT2D eigenvalue weighted by molar-refractivity contribution is -0.124. The second kappa shape index (κ2) is 17.1. The summed E-state index contributed by atoms with van der Waals surface area (Å²) in [5, 5.41) is 6.71. The molecule has 11 heteroatoms. The Bertz CT molecular complexity index is 1180. The van der Waals surface area contributed by atoms with Crippen molar-refractivity contribution in [3.63, 3.8) is 0 Å². The molecular formula is C31H47ClN4O5S. The van der Waals surface area contributed by atoms with Crippen LogP contribution >= 0.6 is 12.4 Å². The summed E-state index contributed by atoms with van der Waals surface area (Å²) in [4.78, 5) is 15.3. The summed E-state index contributed by atoms with van der Waals surface area (Å²) in [7, 11) is -1.66. The fourth-order valence-corrected chi connectivity index (χ4v) is 6.33. The Morgan fingerprint density at radius 1 is 0.952 bits per heavy atom. The van der Waals surface area contributed by atoms with E-state index in [1.807, 2.05) is 12.1 Å². The van der Waals surface area contributed by atoms with Crippen molar-refractivity contribution in [2.24, 2.45) is 5.92 Å². The van der Waals surface area contributed by atoms with Gasteiger partial charge in [0.15, 0.2) is 0 Å². The number of ether oxygens (including phenoxy) is 2. The number of hydrogen-bond acceptors (Lipinski definition) is 7. The van der Waals surface area contributed by atoms with E-state index in [9.17, 15) is 13.2 Å². The van der Waals surface area contributed by atoms with Gasteiger partial charge in [-0.3, -0.25) is 14.4 Å². The van der Waals surface area contributed by atoms with Crippen LogP contribution < -0.4 is 20.1 Å². The number of likely N-dealkylation sites (tertiary alicyclic amines) is 1. The maximum absolute atomic E-state index is 12.9. The highest BCUT2D eigenvalue weighted by atomic mass is 35.5. The number of piperidine rings is 1. The summed E-state index contributed by atoms with van der Waals surface area (Å²) in [5.74, 6) is 2.17. The summed E-state index contributed by atoms with van der Waals surface area (Å²) >= 11 is 0. The quantitative estimate of drug-likeness (QED) is 0.274. The van der Waals surface area contributed by atoms with Gasteiger partial charge in [-0.05, 0) is 80.2 Å². The third-order valence-electron chi connectivity index (χ3n) is 7.97. The lowest BCUT2D eigenvalue weighted by Crippen LogP contribution is -2.53. The molecule has 9 nitrogen and oxygen atoms in total. The smallest absolute Gasteiger partial charge is 0.239 e. The molecule has 2 aliphatic rings. The van der Waals surface area contributed by atoms with Gasteiger partial charge in [-0.1, -0.05) is 44.2 Å². The van der Waals surface area contributed by atoms with Gasteiger partial charge in [0.1, 0.15) is 17.5 Å². The third kappa shape index (κ3) is 11.7.